The fraction of sp³-hybridized carbons (Fsp3) is 0.300. The van der Waals surface area contributed by atoms with Gasteiger partial charge in [-0.3, -0.25) is 4.79 Å². The smallest absolute Gasteiger partial charge is 0.238 e. The van der Waals surface area contributed by atoms with Gasteiger partial charge in [-0.1, -0.05) is 18.5 Å². The molecule has 0 bridgehead atoms. The van der Waals surface area contributed by atoms with E-state index < -0.39 is 5.82 Å². The number of nitrogens with one attached hydrogen (secondary N) is 2. The first-order valence-electron chi connectivity index (χ1n) is 4.69. The number of carbonyl (C=O) groups excluding carboxylic acids is 1. The SMILES string of the molecule is CCNCC(=O)Nc1c(Cl)cc(F)cc1Br. The van der Waals surface area contributed by atoms with Gasteiger partial charge in [-0.25, -0.2) is 4.39 Å². The summed E-state index contributed by atoms with van der Waals surface area (Å²) < 4.78 is 13.3. The summed E-state index contributed by atoms with van der Waals surface area (Å²) >= 11 is 8.94. The fourth-order valence-electron chi connectivity index (χ4n) is 1.08. The molecule has 0 aromatic heterocycles. The minimum atomic E-state index is -0.457. The van der Waals surface area contributed by atoms with E-state index in [1.165, 1.54) is 6.07 Å². The molecule has 6 heteroatoms. The van der Waals surface area contributed by atoms with Crippen LogP contribution in [0.1, 0.15) is 6.92 Å². The summed E-state index contributed by atoms with van der Waals surface area (Å²) in [6.07, 6.45) is 0. The molecule has 0 atom stereocenters. The van der Waals surface area contributed by atoms with Gasteiger partial charge in [0.2, 0.25) is 5.91 Å². The highest BCUT2D eigenvalue weighted by Crippen LogP contribution is 2.31. The van der Waals surface area contributed by atoms with Gasteiger partial charge in [-0.15, -0.1) is 0 Å². The van der Waals surface area contributed by atoms with Crippen molar-refractivity contribution < 1.29 is 9.18 Å². The number of carbonyl (C=O) groups is 1. The highest BCUT2D eigenvalue weighted by Gasteiger charge is 2.10. The molecule has 0 saturated heterocycles. The van der Waals surface area contributed by atoms with Crippen molar-refractivity contribution in [3.05, 3.63) is 27.4 Å². The third kappa shape index (κ3) is 3.73. The number of hydrogen-bond donors (Lipinski definition) is 2. The normalized spacial score (nSPS) is 10.2. The van der Waals surface area contributed by atoms with E-state index in [1.54, 1.807) is 0 Å². The van der Waals surface area contributed by atoms with E-state index in [1.807, 2.05) is 6.92 Å². The van der Waals surface area contributed by atoms with Crippen LogP contribution in [-0.2, 0) is 4.79 Å². The van der Waals surface area contributed by atoms with Gasteiger partial charge in [-0.05, 0) is 34.6 Å². The van der Waals surface area contributed by atoms with Crippen LogP contribution in [0.5, 0.6) is 0 Å². The molecule has 1 amide bonds. The molecule has 16 heavy (non-hydrogen) atoms. The Kier molecular flexibility index (Phi) is 5.18. The van der Waals surface area contributed by atoms with E-state index in [9.17, 15) is 9.18 Å². The Morgan fingerprint density at radius 3 is 2.81 bits per heavy atom. The number of likely N-dealkylation sites (N-methyl/N-ethyl adjacent to an activating group) is 1. The lowest BCUT2D eigenvalue weighted by Gasteiger charge is -2.09. The van der Waals surface area contributed by atoms with E-state index in [4.69, 9.17) is 11.6 Å². The third-order valence-electron chi connectivity index (χ3n) is 1.81. The Morgan fingerprint density at radius 1 is 1.56 bits per heavy atom. The average Bonchev–Trinajstić information content (AvgIpc) is 2.20. The summed E-state index contributed by atoms with van der Waals surface area (Å²) in [6, 6.07) is 2.39. The van der Waals surface area contributed by atoms with Crippen molar-refractivity contribution in [2.24, 2.45) is 0 Å². The summed E-state index contributed by atoms with van der Waals surface area (Å²) in [6.45, 7) is 2.79. The molecule has 1 aromatic carbocycles. The molecule has 0 spiro atoms. The van der Waals surface area contributed by atoms with Crippen LogP contribution in [0.15, 0.2) is 16.6 Å². The zero-order valence-corrected chi connectivity index (χ0v) is 11.0. The molecule has 0 saturated carbocycles. The topological polar surface area (TPSA) is 41.1 Å². The van der Waals surface area contributed by atoms with Gasteiger partial charge >= 0.3 is 0 Å². The quantitative estimate of drug-likeness (QED) is 0.898. The molecule has 2 N–H and O–H groups in total. The lowest BCUT2D eigenvalue weighted by atomic mass is 10.3. The van der Waals surface area contributed by atoms with E-state index in [0.29, 0.717) is 16.7 Å². The Balaban J connectivity index is 2.77. The summed E-state index contributed by atoms with van der Waals surface area (Å²) in [7, 11) is 0. The molecule has 0 radical (unpaired) electrons. The van der Waals surface area contributed by atoms with E-state index >= 15 is 0 Å². The molecule has 0 unspecified atom stereocenters. The Bertz CT molecular complexity index is 377. The first-order valence-corrected chi connectivity index (χ1v) is 5.86. The zero-order chi connectivity index (χ0) is 12.1. The van der Waals surface area contributed by atoms with Crippen molar-refractivity contribution in [3.8, 4) is 0 Å². The standard InChI is InChI=1S/C10H11BrClFN2O/c1-2-14-5-9(16)15-10-7(11)3-6(13)4-8(10)12/h3-4,14H,2,5H2,1H3,(H,15,16). The lowest BCUT2D eigenvalue weighted by Crippen LogP contribution is -2.28. The summed E-state index contributed by atoms with van der Waals surface area (Å²) in [5, 5.41) is 5.63. The fourth-order valence-corrected chi connectivity index (χ4v) is 1.98. The zero-order valence-electron chi connectivity index (χ0n) is 8.61. The van der Waals surface area contributed by atoms with Crippen LogP contribution in [0, 0.1) is 5.82 Å². The summed E-state index contributed by atoms with van der Waals surface area (Å²) in [5.41, 5.74) is 0.381. The van der Waals surface area contributed by atoms with Gasteiger partial charge in [0.15, 0.2) is 0 Å². The minimum Gasteiger partial charge on any atom is -0.323 e. The number of hydrogen-bond acceptors (Lipinski definition) is 2. The monoisotopic (exact) mass is 308 g/mol. The van der Waals surface area contributed by atoms with Crippen LogP contribution >= 0.6 is 27.5 Å². The highest BCUT2D eigenvalue weighted by atomic mass is 79.9. The van der Waals surface area contributed by atoms with Crippen LogP contribution in [0.4, 0.5) is 10.1 Å². The second kappa shape index (κ2) is 6.18. The first-order chi connectivity index (χ1) is 7.54. The van der Waals surface area contributed by atoms with E-state index in [-0.39, 0.29) is 17.5 Å². The van der Waals surface area contributed by atoms with Crippen LogP contribution in [0.3, 0.4) is 0 Å². The second-order valence-corrected chi connectivity index (χ2v) is 4.33. The summed E-state index contributed by atoms with van der Waals surface area (Å²) in [4.78, 5) is 11.4. The van der Waals surface area contributed by atoms with Crippen LogP contribution < -0.4 is 10.6 Å². The third-order valence-corrected chi connectivity index (χ3v) is 2.73. The van der Waals surface area contributed by atoms with E-state index in [2.05, 4.69) is 26.6 Å². The van der Waals surface area contributed by atoms with Gasteiger partial charge in [0.25, 0.3) is 0 Å². The van der Waals surface area contributed by atoms with Gasteiger partial charge in [0.05, 0.1) is 17.3 Å². The Labute approximate surface area is 106 Å². The molecule has 1 aromatic rings. The molecule has 0 aliphatic carbocycles. The van der Waals surface area contributed by atoms with Crippen LogP contribution in [0.2, 0.25) is 5.02 Å². The minimum absolute atomic E-state index is 0.164. The van der Waals surface area contributed by atoms with Crippen molar-refractivity contribution in [1.82, 2.24) is 5.32 Å². The van der Waals surface area contributed by atoms with Gasteiger partial charge in [0, 0.05) is 4.47 Å². The molecule has 0 aliphatic heterocycles. The lowest BCUT2D eigenvalue weighted by molar-refractivity contribution is -0.115. The van der Waals surface area contributed by atoms with Crippen molar-refractivity contribution >= 4 is 39.1 Å². The average molecular weight is 310 g/mol. The van der Waals surface area contributed by atoms with Crippen molar-refractivity contribution in [2.45, 2.75) is 6.92 Å². The van der Waals surface area contributed by atoms with Gasteiger partial charge in [0.1, 0.15) is 5.82 Å². The number of anilines is 1. The van der Waals surface area contributed by atoms with Gasteiger partial charge < -0.3 is 10.6 Å². The van der Waals surface area contributed by atoms with Crippen molar-refractivity contribution in [3.63, 3.8) is 0 Å². The predicted octanol–water partition coefficient (Wildman–Crippen LogP) is 2.79. The molecule has 0 fully saturated rings. The van der Waals surface area contributed by atoms with Crippen molar-refractivity contribution in [2.75, 3.05) is 18.4 Å². The maximum Gasteiger partial charge on any atom is 0.238 e. The molecule has 0 aliphatic rings. The molecule has 3 nitrogen and oxygen atoms in total. The number of halogens is 3. The molecular weight excluding hydrogens is 298 g/mol. The number of benzene rings is 1. The maximum atomic E-state index is 12.9. The van der Waals surface area contributed by atoms with Gasteiger partial charge in [-0.2, -0.15) is 0 Å². The largest absolute Gasteiger partial charge is 0.323 e. The Morgan fingerprint density at radius 2 is 2.25 bits per heavy atom. The molecule has 1 rings (SSSR count). The maximum absolute atomic E-state index is 12.9. The first kappa shape index (κ1) is 13.4. The van der Waals surface area contributed by atoms with Crippen LogP contribution in [0.25, 0.3) is 0 Å². The molecule has 88 valence electrons. The number of amides is 1. The van der Waals surface area contributed by atoms with E-state index in [0.717, 1.165) is 6.07 Å². The Hall–Kier alpha value is -0.650. The predicted molar refractivity (Wildman–Crippen MR) is 66.3 cm³/mol. The molecular formula is C10H11BrClFN2O. The summed E-state index contributed by atoms with van der Waals surface area (Å²) in [5.74, 6) is -0.683. The molecule has 0 heterocycles. The number of rotatable bonds is 4. The highest BCUT2D eigenvalue weighted by molar-refractivity contribution is 9.10. The van der Waals surface area contributed by atoms with Crippen LogP contribution in [-0.4, -0.2) is 19.0 Å². The second-order valence-electron chi connectivity index (χ2n) is 3.07. The van der Waals surface area contributed by atoms with Crippen molar-refractivity contribution in [1.29, 1.82) is 0 Å².